The number of nitrogens with zero attached hydrogens (tertiary/aromatic N) is 4. The fraction of sp³-hybridized carbons (Fsp3) is 0.423. The Hall–Kier alpha value is -2.89. The summed E-state index contributed by atoms with van der Waals surface area (Å²) in [6.45, 7) is 2.41. The summed E-state index contributed by atoms with van der Waals surface area (Å²) < 4.78 is 53.3. The third-order valence-corrected chi connectivity index (χ3v) is 7.57. The van der Waals surface area contributed by atoms with Crippen LogP contribution in [0.1, 0.15) is 31.2 Å². The molecule has 0 saturated carbocycles. The van der Waals surface area contributed by atoms with Gasteiger partial charge in [-0.15, -0.1) is 10.2 Å². The van der Waals surface area contributed by atoms with Gasteiger partial charge in [-0.1, -0.05) is 48.2 Å². The number of hydrogen-bond donors (Lipinski definition) is 0. The largest absolute Gasteiger partial charge is 0.416 e. The summed E-state index contributed by atoms with van der Waals surface area (Å²) in [6, 6.07) is 14.4. The molecular formula is C26H27F3N4O3S. The molecule has 11 heteroatoms. The van der Waals surface area contributed by atoms with E-state index in [0.717, 1.165) is 17.7 Å². The lowest BCUT2D eigenvalue weighted by molar-refractivity contribution is -0.187. The fourth-order valence-electron chi connectivity index (χ4n) is 4.62. The maximum atomic E-state index is 13.4. The highest BCUT2D eigenvalue weighted by molar-refractivity contribution is 7.99. The second kappa shape index (κ2) is 10.8. The van der Waals surface area contributed by atoms with Crippen LogP contribution in [0, 0.1) is 0 Å². The summed E-state index contributed by atoms with van der Waals surface area (Å²) in [6.07, 6.45) is -2.13. The maximum Gasteiger partial charge on any atom is 0.416 e. The van der Waals surface area contributed by atoms with Crippen LogP contribution in [0.15, 0.2) is 59.8 Å². The van der Waals surface area contributed by atoms with Crippen molar-refractivity contribution in [1.29, 1.82) is 0 Å². The molecule has 7 nitrogen and oxygen atoms in total. The van der Waals surface area contributed by atoms with Crippen LogP contribution in [-0.4, -0.2) is 63.4 Å². The predicted molar refractivity (Wildman–Crippen MR) is 132 cm³/mol. The van der Waals surface area contributed by atoms with Gasteiger partial charge < -0.3 is 14.4 Å². The second-order valence-corrected chi connectivity index (χ2v) is 10.1. The second-order valence-electron chi connectivity index (χ2n) is 9.00. The first-order valence-corrected chi connectivity index (χ1v) is 13.2. The molecule has 37 heavy (non-hydrogen) atoms. The van der Waals surface area contributed by atoms with Crippen LogP contribution >= 0.6 is 11.8 Å². The molecular weight excluding hydrogens is 505 g/mol. The van der Waals surface area contributed by atoms with Crippen LogP contribution in [0.3, 0.4) is 0 Å². The Balaban J connectivity index is 1.26. The Morgan fingerprint density at radius 2 is 1.73 bits per heavy atom. The van der Waals surface area contributed by atoms with Crippen molar-refractivity contribution < 1.29 is 27.4 Å². The molecule has 0 N–H and O–H groups in total. The quantitative estimate of drug-likeness (QED) is 0.308. The molecule has 2 aromatic carbocycles. The lowest BCUT2D eigenvalue weighted by Crippen LogP contribution is -2.47. The van der Waals surface area contributed by atoms with Crippen molar-refractivity contribution in [2.24, 2.45) is 0 Å². The molecule has 0 unspecified atom stereocenters. The van der Waals surface area contributed by atoms with E-state index in [9.17, 15) is 18.0 Å². The number of likely N-dealkylation sites (tertiary alicyclic amines) is 1. The monoisotopic (exact) mass is 532 g/mol. The number of benzene rings is 2. The highest BCUT2D eigenvalue weighted by Gasteiger charge is 2.40. The van der Waals surface area contributed by atoms with E-state index in [0.29, 0.717) is 74.4 Å². The molecule has 3 heterocycles. The molecule has 2 fully saturated rings. The van der Waals surface area contributed by atoms with E-state index in [1.807, 2.05) is 35.2 Å². The normalized spacial score (nSPS) is 17.4. The van der Waals surface area contributed by atoms with Crippen molar-refractivity contribution in [3.8, 4) is 17.1 Å². The lowest BCUT2D eigenvalue weighted by Gasteiger charge is -2.37. The summed E-state index contributed by atoms with van der Waals surface area (Å²) in [5, 5.41) is 9.04. The van der Waals surface area contributed by atoms with E-state index in [2.05, 4.69) is 10.2 Å². The predicted octanol–water partition coefficient (Wildman–Crippen LogP) is 5.19. The molecule has 0 atom stereocenters. The van der Waals surface area contributed by atoms with Crippen molar-refractivity contribution in [2.75, 3.05) is 32.1 Å². The van der Waals surface area contributed by atoms with Crippen LogP contribution in [0.25, 0.3) is 17.1 Å². The number of carbonyl (C=O) groups is 1. The zero-order valence-corrected chi connectivity index (χ0v) is 20.9. The number of thioether (sulfide) groups is 1. The average Bonchev–Trinajstić information content (AvgIpc) is 3.54. The van der Waals surface area contributed by atoms with E-state index >= 15 is 0 Å². The van der Waals surface area contributed by atoms with E-state index in [-0.39, 0.29) is 5.91 Å². The Morgan fingerprint density at radius 1 is 1.00 bits per heavy atom. The summed E-state index contributed by atoms with van der Waals surface area (Å²) in [4.78, 5) is 14.6. The van der Waals surface area contributed by atoms with Crippen LogP contribution in [0.4, 0.5) is 13.2 Å². The van der Waals surface area contributed by atoms with Gasteiger partial charge in [0.2, 0.25) is 5.91 Å². The van der Waals surface area contributed by atoms with Crippen molar-refractivity contribution in [3.05, 3.63) is 60.2 Å². The first kappa shape index (κ1) is 25.7. The van der Waals surface area contributed by atoms with Gasteiger partial charge in [0, 0.05) is 43.7 Å². The van der Waals surface area contributed by atoms with E-state index in [4.69, 9.17) is 9.47 Å². The van der Waals surface area contributed by atoms with Gasteiger partial charge in [-0.2, -0.15) is 13.2 Å². The Labute approximate surface area is 217 Å². The van der Waals surface area contributed by atoms with Crippen molar-refractivity contribution in [1.82, 2.24) is 19.7 Å². The number of aromatic nitrogens is 3. The number of carbonyl (C=O) groups excluding carboxylic acids is 1. The molecule has 3 aromatic rings. The molecule has 2 aliphatic rings. The third-order valence-electron chi connectivity index (χ3n) is 6.55. The number of piperidine rings is 1. The smallest absolute Gasteiger partial charge is 0.347 e. The highest BCUT2D eigenvalue weighted by Crippen LogP contribution is 2.34. The van der Waals surface area contributed by atoms with Gasteiger partial charge in [0.15, 0.2) is 16.8 Å². The standard InChI is InChI=1S/C26H27F3N4O3S/c27-26(28,29)20-8-4-9-21(18-20)33-23(19-6-2-1-3-7-19)30-31-24(33)37-17-5-10-22(34)32-13-11-25(12-14-32)35-15-16-36-25/h1-4,6-9,18H,5,10-17H2. The van der Waals surface area contributed by atoms with Gasteiger partial charge in [0.25, 0.3) is 0 Å². The van der Waals surface area contributed by atoms with Crippen LogP contribution < -0.4 is 0 Å². The number of amides is 1. The molecule has 1 aromatic heterocycles. The highest BCUT2D eigenvalue weighted by atomic mass is 32.2. The molecule has 5 rings (SSSR count). The number of alkyl halides is 3. The SMILES string of the molecule is O=C(CCCSc1nnc(-c2ccccc2)n1-c1cccc(C(F)(F)F)c1)N1CCC2(CC1)OCCO2. The van der Waals surface area contributed by atoms with Crippen molar-refractivity contribution in [3.63, 3.8) is 0 Å². The van der Waals surface area contributed by atoms with Crippen LogP contribution in [0.2, 0.25) is 0 Å². The van der Waals surface area contributed by atoms with Gasteiger partial charge in [0.1, 0.15) is 0 Å². The first-order valence-electron chi connectivity index (χ1n) is 12.2. The van der Waals surface area contributed by atoms with E-state index in [1.54, 1.807) is 10.6 Å². The molecule has 2 aliphatic heterocycles. The Morgan fingerprint density at radius 3 is 2.43 bits per heavy atom. The zero-order chi connectivity index (χ0) is 25.9. The van der Waals surface area contributed by atoms with Crippen LogP contribution in [-0.2, 0) is 20.4 Å². The van der Waals surface area contributed by atoms with Gasteiger partial charge >= 0.3 is 6.18 Å². The molecule has 2 saturated heterocycles. The fourth-order valence-corrected chi connectivity index (χ4v) is 5.51. The van der Waals surface area contributed by atoms with E-state index in [1.165, 1.54) is 17.8 Å². The molecule has 0 radical (unpaired) electrons. The maximum absolute atomic E-state index is 13.4. The van der Waals surface area contributed by atoms with Gasteiger partial charge in [-0.25, -0.2) is 0 Å². The zero-order valence-electron chi connectivity index (χ0n) is 20.1. The summed E-state index contributed by atoms with van der Waals surface area (Å²) in [7, 11) is 0. The summed E-state index contributed by atoms with van der Waals surface area (Å²) >= 11 is 1.37. The minimum Gasteiger partial charge on any atom is -0.347 e. The Kier molecular flexibility index (Phi) is 7.55. The number of ether oxygens (including phenoxy) is 2. The van der Waals surface area contributed by atoms with Crippen LogP contribution in [0.5, 0.6) is 0 Å². The molecule has 0 bridgehead atoms. The van der Waals surface area contributed by atoms with E-state index < -0.39 is 17.5 Å². The van der Waals surface area contributed by atoms with Gasteiger partial charge in [-0.3, -0.25) is 9.36 Å². The minimum absolute atomic E-state index is 0.0813. The molecule has 196 valence electrons. The number of halogens is 3. The van der Waals surface area contributed by atoms with Gasteiger partial charge in [0.05, 0.1) is 24.5 Å². The molecule has 1 spiro atoms. The summed E-state index contributed by atoms with van der Waals surface area (Å²) in [5.41, 5.74) is 0.333. The Bertz CT molecular complexity index is 1220. The van der Waals surface area contributed by atoms with Gasteiger partial charge in [-0.05, 0) is 24.6 Å². The van der Waals surface area contributed by atoms with Crippen molar-refractivity contribution >= 4 is 17.7 Å². The first-order chi connectivity index (χ1) is 17.8. The third kappa shape index (κ3) is 5.83. The van der Waals surface area contributed by atoms with Crippen molar-refractivity contribution in [2.45, 2.75) is 42.8 Å². The minimum atomic E-state index is -4.46. The molecule has 1 amide bonds. The topological polar surface area (TPSA) is 69.5 Å². The molecule has 0 aliphatic carbocycles. The summed E-state index contributed by atoms with van der Waals surface area (Å²) in [5.74, 6) is 0.591. The number of hydrogen-bond acceptors (Lipinski definition) is 6. The average molecular weight is 533 g/mol. The number of rotatable bonds is 7. The lowest BCUT2D eigenvalue weighted by atomic mass is 10.0.